The van der Waals surface area contributed by atoms with Gasteiger partial charge in [0.05, 0.1) is 11.1 Å². The summed E-state index contributed by atoms with van der Waals surface area (Å²) in [4.78, 5) is 34.3. The van der Waals surface area contributed by atoms with E-state index in [-0.39, 0.29) is 17.2 Å². The number of fused-ring (bicyclic) bond motifs is 2. The smallest absolute Gasteiger partial charge is 0.363 e. The second kappa shape index (κ2) is 9.73. The van der Waals surface area contributed by atoms with Gasteiger partial charge in [0.15, 0.2) is 0 Å². The van der Waals surface area contributed by atoms with Crippen LogP contribution in [0.15, 0.2) is 78.1 Å². The number of hydrogen-bond donors (Lipinski definition) is 3. The molecule has 1 aromatic heterocycles. The lowest BCUT2D eigenvalue weighted by Crippen LogP contribution is -2.27. The summed E-state index contributed by atoms with van der Waals surface area (Å²) in [5.74, 6) is -1.99. The van der Waals surface area contributed by atoms with E-state index < -0.39 is 23.7 Å². The fraction of sp³-hybridized carbons (Fsp3) is 0.172. The van der Waals surface area contributed by atoms with Crippen molar-refractivity contribution in [3.8, 4) is 17.5 Å². The monoisotopic (exact) mass is 529 g/mol. The lowest BCUT2D eigenvalue weighted by molar-refractivity contribution is 0.0381. The van der Waals surface area contributed by atoms with Gasteiger partial charge >= 0.3 is 11.9 Å². The van der Waals surface area contributed by atoms with E-state index in [0.717, 1.165) is 23.4 Å². The minimum absolute atomic E-state index is 0.0128. The molecule has 2 aliphatic rings. The summed E-state index contributed by atoms with van der Waals surface area (Å²) < 4.78 is 6.87. The molecule has 1 atom stereocenters. The molecule has 2 heterocycles. The van der Waals surface area contributed by atoms with Gasteiger partial charge in [0.25, 0.3) is 0 Å². The summed E-state index contributed by atoms with van der Waals surface area (Å²) >= 11 is 0. The zero-order chi connectivity index (χ0) is 28.0. The molecule has 2 aromatic carbocycles. The molecule has 10 nitrogen and oxygen atoms in total. The number of aromatic hydroxyl groups is 2. The minimum atomic E-state index is -1.24. The average molecular weight is 530 g/mol. The topological polar surface area (TPSA) is 125 Å². The SMILES string of the molecule is CN(C)c1ccc2c(c1)OC1=CC(N(C)C)C=CC1=C2c1ccc(C(=O)On2c(O)ccc2O)cc1C(=O)O. The van der Waals surface area contributed by atoms with Crippen molar-refractivity contribution in [1.29, 1.82) is 0 Å². The number of rotatable bonds is 6. The molecule has 3 N–H and O–H groups in total. The summed E-state index contributed by atoms with van der Waals surface area (Å²) in [6.45, 7) is 0. The van der Waals surface area contributed by atoms with Gasteiger partial charge in [-0.15, -0.1) is 4.73 Å². The lowest BCUT2D eigenvalue weighted by Gasteiger charge is -2.31. The van der Waals surface area contributed by atoms with Crippen molar-refractivity contribution in [1.82, 2.24) is 9.63 Å². The maximum Gasteiger partial charge on any atom is 0.363 e. The number of aromatic carboxylic acids is 1. The first kappa shape index (κ1) is 25.7. The van der Waals surface area contributed by atoms with Crippen molar-refractivity contribution in [2.75, 3.05) is 33.1 Å². The highest BCUT2D eigenvalue weighted by Crippen LogP contribution is 2.45. The number of ether oxygens (including phenoxy) is 1. The van der Waals surface area contributed by atoms with E-state index in [9.17, 15) is 24.9 Å². The zero-order valence-corrected chi connectivity index (χ0v) is 21.7. The quantitative estimate of drug-likeness (QED) is 0.440. The number of anilines is 1. The van der Waals surface area contributed by atoms with Gasteiger partial charge in [-0.2, -0.15) is 0 Å². The van der Waals surface area contributed by atoms with Crippen molar-refractivity contribution in [2.24, 2.45) is 0 Å². The van der Waals surface area contributed by atoms with Crippen molar-refractivity contribution in [3.63, 3.8) is 0 Å². The van der Waals surface area contributed by atoms with E-state index in [4.69, 9.17) is 9.57 Å². The molecule has 0 spiro atoms. The molecule has 1 unspecified atom stereocenters. The fourth-order valence-corrected chi connectivity index (χ4v) is 4.53. The number of hydrogen-bond acceptors (Lipinski definition) is 8. The van der Waals surface area contributed by atoms with Gasteiger partial charge in [0.2, 0.25) is 11.8 Å². The minimum Gasteiger partial charge on any atom is -0.492 e. The summed E-state index contributed by atoms with van der Waals surface area (Å²) in [5.41, 5.74) is 3.19. The molecule has 3 aromatic rings. The van der Waals surface area contributed by atoms with Crippen molar-refractivity contribution in [2.45, 2.75) is 6.04 Å². The maximum atomic E-state index is 12.8. The highest BCUT2D eigenvalue weighted by Gasteiger charge is 2.31. The molecule has 5 rings (SSSR count). The zero-order valence-electron chi connectivity index (χ0n) is 21.7. The molecular formula is C29H27N3O7. The van der Waals surface area contributed by atoms with E-state index in [1.165, 1.54) is 12.1 Å². The number of nitrogens with zero attached hydrogens (tertiary/aromatic N) is 3. The second-order valence-corrected chi connectivity index (χ2v) is 9.60. The number of carbonyl (C=O) groups is 2. The van der Waals surface area contributed by atoms with E-state index in [1.807, 2.05) is 74.4 Å². The Morgan fingerprint density at radius 1 is 0.949 bits per heavy atom. The molecule has 1 aliphatic heterocycles. The number of aromatic nitrogens is 1. The normalized spacial score (nSPS) is 15.8. The van der Waals surface area contributed by atoms with Gasteiger partial charge < -0.3 is 29.8 Å². The molecular weight excluding hydrogens is 502 g/mol. The van der Waals surface area contributed by atoms with Gasteiger partial charge in [-0.3, -0.25) is 4.90 Å². The van der Waals surface area contributed by atoms with Gasteiger partial charge in [-0.25, -0.2) is 9.59 Å². The number of likely N-dealkylation sites (N-methyl/N-ethyl adjacent to an activating group) is 1. The Hall–Kier alpha value is -4.96. The Morgan fingerprint density at radius 2 is 1.64 bits per heavy atom. The average Bonchev–Trinajstić information content (AvgIpc) is 3.22. The van der Waals surface area contributed by atoms with Gasteiger partial charge in [0.1, 0.15) is 11.5 Å². The van der Waals surface area contributed by atoms with Crippen molar-refractivity contribution >= 4 is 23.2 Å². The third-order valence-electron chi connectivity index (χ3n) is 6.61. The van der Waals surface area contributed by atoms with Gasteiger partial charge in [-0.1, -0.05) is 18.2 Å². The molecule has 0 radical (unpaired) electrons. The van der Waals surface area contributed by atoms with Crippen LogP contribution in [0.4, 0.5) is 5.69 Å². The molecule has 0 saturated heterocycles. The van der Waals surface area contributed by atoms with Gasteiger partial charge in [-0.05, 0) is 50.0 Å². The fourth-order valence-electron chi connectivity index (χ4n) is 4.53. The van der Waals surface area contributed by atoms with Crippen LogP contribution < -0.4 is 14.5 Å². The predicted molar refractivity (Wildman–Crippen MR) is 144 cm³/mol. The highest BCUT2D eigenvalue weighted by atomic mass is 16.7. The Morgan fingerprint density at radius 3 is 2.28 bits per heavy atom. The first-order valence-corrected chi connectivity index (χ1v) is 12.1. The standard InChI is InChI=1S/C29H27N3O7/c1-30(2)17-6-9-20-23(14-17)38-24-15-18(31(3)4)7-10-21(24)27(20)19-8-5-16(13-22(19)28(35)36)29(37)39-32-25(33)11-12-26(32)34/h5-15,17,33-34H,1-4H3,(H,35,36). The molecule has 0 amide bonds. The van der Waals surface area contributed by atoms with Crippen LogP contribution in [-0.2, 0) is 0 Å². The first-order chi connectivity index (χ1) is 18.5. The Balaban J connectivity index is 1.66. The third kappa shape index (κ3) is 4.62. The van der Waals surface area contributed by atoms with Crippen LogP contribution in [0.1, 0.15) is 31.8 Å². The molecule has 0 fully saturated rings. The summed E-state index contributed by atoms with van der Waals surface area (Å²) in [7, 11) is 7.75. The van der Waals surface area contributed by atoms with E-state index >= 15 is 0 Å². The van der Waals surface area contributed by atoms with Crippen molar-refractivity contribution < 1.29 is 34.5 Å². The van der Waals surface area contributed by atoms with Crippen LogP contribution in [0, 0.1) is 0 Å². The summed E-state index contributed by atoms with van der Waals surface area (Å²) in [6.07, 6.45) is 5.90. The highest BCUT2D eigenvalue weighted by molar-refractivity contribution is 6.03. The van der Waals surface area contributed by atoms with Crippen LogP contribution in [0.3, 0.4) is 0 Å². The molecule has 10 heteroatoms. The largest absolute Gasteiger partial charge is 0.492 e. The Kier molecular flexibility index (Phi) is 6.41. The predicted octanol–water partition coefficient (Wildman–Crippen LogP) is 3.51. The number of carboxylic acid groups (broad SMARTS) is 1. The Bertz CT molecular complexity index is 1570. The van der Waals surface area contributed by atoms with Crippen LogP contribution in [-0.4, -0.2) is 71.1 Å². The summed E-state index contributed by atoms with van der Waals surface area (Å²) in [6, 6.07) is 12.2. The molecule has 200 valence electrons. The van der Waals surface area contributed by atoms with Crippen molar-refractivity contribution in [3.05, 3.63) is 100 Å². The van der Waals surface area contributed by atoms with Crippen LogP contribution in [0.5, 0.6) is 17.5 Å². The van der Waals surface area contributed by atoms with E-state index in [2.05, 4.69) is 0 Å². The number of carboxylic acids is 1. The van der Waals surface area contributed by atoms with Gasteiger partial charge in [0, 0.05) is 60.7 Å². The number of benzene rings is 2. The summed E-state index contributed by atoms with van der Waals surface area (Å²) in [5, 5.41) is 29.8. The maximum absolute atomic E-state index is 12.8. The number of carbonyl (C=O) groups excluding carboxylic acids is 1. The second-order valence-electron chi connectivity index (χ2n) is 9.60. The molecule has 0 saturated carbocycles. The lowest BCUT2D eigenvalue weighted by atomic mass is 9.84. The third-order valence-corrected chi connectivity index (χ3v) is 6.61. The van der Waals surface area contributed by atoms with Crippen LogP contribution in [0.2, 0.25) is 0 Å². The van der Waals surface area contributed by atoms with Crippen LogP contribution in [0.25, 0.3) is 5.57 Å². The number of allylic oxidation sites excluding steroid dienone is 1. The van der Waals surface area contributed by atoms with E-state index in [0.29, 0.717) is 32.9 Å². The van der Waals surface area contributed by atoms with Crippen LogP contribution >= 0.6 is 0 Å². The molecule has 0 bridgehead atoms. The molecule has 39 heavy (non-hydrogen) atoms. The Labute approximate surface area is 224 Å². The van der Waals surface area contributed by atoms with E-state index in [1.54, 1.807) is 6.07 Å². The first-order valence-electron chi connectivity index (χ1n) is 12.1. The molecule has 1 aliphatic carbocycles.